The van der Waals surface area contributed by atoms with E-state index >= 15 is 0 Å². The Balaban J connectivity index is 2.36. The number of allylic oxidation sites excluding steroid dienone is 1. The second kappa shape index (κ2) is 3.64. The summed E-state index contributed by atoms with van der Waals surface area (Å²) in [6.07, 6.45) is 8.44. The maximum atomic E-state index is 10.4. The third kappa shape index (κ3) is 1.57. The minimum Gasteiger partial charge on any atom is -0.296 e. The molecule has 0 N–H and O–H groups in total. The molecule has 0 spiro atoms. The first kappa shape index (κ1) is 8.34. The molecule has 0 amide bonds. The molecule has 2 rings (SSSR count). The number of aliphatic imine (C=N–C) groups is 2. The molecule has 2 heterocycles. The van der Waals surface area contributed by atoms with Gasteiger partial charge < -0.3 is 0 Å². The van der Waals surface area contributed by atoms with Gasteiger partial charge in [-0.3, -0.25) is 9.36 Å². The predicted molar refractivity (Wildman–Crippen MR) is 51.6 cm³/mol. The van der Waals surface area contributed by atoms with Gasteiger partial charge in [0.15, 0.2) is 6.29 Å². The van der Waals surface area contributed by atoms with Crippen molar-refractivity contribution in [2.24, 2.45) is 9.98 Å². The molecule has 0 radical (unpaired) electrons. The number of rotatable bonds is 1. The fraction of sp³-hybridized carbons (Fsp3) is 0. The highest BCUT2D eigenvalue weighted by molar-refractivity contribution is 5.93. The zero-order valence-electron chi connectivity index (χ0n) is 7.16. The monoisotopic (exact) mass is 186 g/mol. The van der Waals surface area contributed by atoms with Gasteiger partial charge in [0.05, 0.1) is 6.20 Å². The molecule has 1 aromatic heterocycles. The zero-order chi connectivity index (χ0) is 9.80. The average Bonchev–Trinajstić information content (AvgIpc) is 2.53. The molecule has 0 atom stereocenters. The van der Waals surface area contributed by atoms with Gasteiger partial charge in [-0.05, 0) is 0 Å². The summed E-state index contributed by atoms with van der Waals surface area (Å²) in [7, 11) is 0. The van der Waals surface area contributed by atoms with Crippen molar-refractivity contribution in [2.45, 2.75) is 0 Å². The lowest BCUT2D eigenvalue weighted by atomic mass is 10.5. The third-order valence-electron chi connectivity index (χ3n) is 1.57. The molecule has 5 heteroatoms. The summed E-state index contributed by atoms with van der Waals surface area (Å²) in [5.41, 5.74) is 3.13. The Bertz CT molecular complexity index is 475. The molecule has 0 saturated carbocycles. The molecule has 1 aromatic rings. The van der Waals surface area contributed by atoms with Crippen LogP contribution in [0.3, 0.4) is 0 Å². The lowest BCUT2D eigenvalue weighted by Crippen LogP contribution is -2.05. The lowest BCUT2D eigenvalue weighted by molar-refractivity contribution is 0.111. The van der Waals surface area contributed by atoms with Crippen LogP contribution >= 0.6 is 0 Å². The van der Waals surface area contributed by atoms with Crippen LogP contribution in [-0.2, 0) is 0 Å². The van der Waals surface area contributed by atoms with E-state index < -0.39 is 0 Å². The van der Waals surface area contributed by atoms with Crippen LogP contribution in [0.4, 0.5) is 0 Å². The van der Waals surface area contributed by atoms with E-state index in [0.717, 1.165) is 0 Å². The standard InChI is InChI=1S/C9H6N4O/c14-6-8-5-13(7-12-8)9-10-3-1-2-4-11-9/h1,3-7H. The number of aldehydes is 1. The van der Waals surface area contributed by atoms with Gasteiger partial charge in [0.2, 0.25) is 5.96 Å². The maximum Gasteiger partial charge on any atom is 0.235 e. The topological polar surface area (TPSA) is 59.6 Å². The van der Waals surface area contributed by atoms with Crippen LogP contribution in [-0.4, -0.2) is 28.0 Å². The summed E-state index contributed by atoms with van der Waals surface area (Å²) in [4.78, 5) is 22.2. The highest BCUT2D eigenvalue weighted by Crippen LogP contribution is 1.96. The van der Waals surface area contributed by atoms with E-state index in [1.165, 1.54) is 12.5 Å². The molecule has 1 aliphatic heterocycles. The van der Waals surface area contributed by atoms with Gasteiger partial charge >= 0.3 is 0 Å². The minimum absolute atomic E-state index is 0.351. The normalized spacial score (nSPS) is 13.9. The van der Waals surface area contributed by atoms with Crippen LogP contribution in [0.1, 0.15) is 10.5 Å². The SMILES string of the molecule is O=Cc1cn(C2=NC=C=CC=N2)cn1. The van der Waals surface area contributed by atoms with E-state index in [1.54, 1.807) is 23.1 Å². The third-order valence-corrected chi connectivity index (χ3v) is 1.57. The summed E-state index contributed by atoms with van der Waals surface area (Å²) >= 11 is 0. The summed E-state index contributed by atoms with van der Waals surface area (Å²) in [5.74, 6) is 0.451. The van der Waals surface area contributed by atoms with E-state index in [0.29, 0.717) is 17.9 Å². The van der Waals surface area contributed by atoms with Gasteiger partial charge in [-0.2, -0.15) is 0 Å². The highest BCUT2D eigenvalue weighted by atomic mass is 16.1. The van der Waals surface area contributed by atoms with Gasteiger partial charge in [0.1, 0.15) is 12.0 Å². The maximum absolute atomic E-state index is 10.4. The highest BCUT2D eigenvalue weighted by Gasteiger charge is 2.01. The summed E-state index contributed by atoms with van der Waals surface area (Å²) in [5, 5.41) is 0. The van der Waals surface area contributed by atoms with E-state index in [1.807, 2.05) is 0 Å². The molecule has 0 aromatic carbocycles. The minimum atomic E-state index is 0.351. The molecule has 68 valence electrons. The van der Waals surface area contributed by atoms with Gasteiger partial charge in [0, 0.05) is 18.5 Å². The molecule has 1 aliphatic rings. The van der Waals surface area contributed by atoms with Crippen molar-refractivity contribution < 1.29 is 4.79 Å². The van der Waals surface area contributed by atoms with Gasteiger partial charge in [-0.1, -0.05) is 5.73 Å². The van der Waals surface area contributed by atoms with Gasteiger partial charge in [-0.15, -0.1) is 0 Å². The smallest absolute Gasteiger partial charge is 0.235 e. The summed E-state index contributed by atoms with van der Waals surface area (Å²) < 4.78 is 1.57. The van der Waals surface area contributed by atoms with E-state index in [9.17, 15) is 4.79 Å². The molecule has 0 fully saturated rings. The molecular weight excluding hydrogens is 180 g/mol. The van der Waals surface area contributed by atoms with Crippen LogP contribution in [0.5, 0.6) is 0 Å². The number of imidazole rings is 1. The average molecular weight is 186 g/mol. The Kier molecular flexibility index (Phi) is 2.17. The van der Waals surface area contributed by atoms with Crippen molar-refractivity contribution in [2.75, 3.05) is 0 Å². The molecule has 0 saturated heterocycles. The van der Waals surface area contributed by atoms with Crippen molar-refractivity contribution in [1.82, 2.24) is 9.55 Å². The van der Waals surface area contributed by atoms with E-state index in [2.05, 4.69) is 20.7 Å². The summed E-state index contributed by atoms with van der Waals surface area (Å²) in [6.45, 7) is 0. The van der Waals surface area contributed by atoms with Crippen molar-refractivity contribution in [3.8, 4) is 0 Å². The fourth-order valence-electron chi connectivity index (χ4n) is 0.960. The predicted octanol–water partition coefficient (Wildman–Crippen LogP) is 0.653. The van der Waals surface area contributed by atoms with Crippen molar-refractivity contribution in [3.05, 3.63) is 36.2 Å². The number of carbonyl (C=O) groups excluding carboxylic acids is 1. The van der Waals surface area contributed by atoms with E-state index in [-0.39, 0.29) is 0 Å². The quantitative estimate of drug-likeness (QED) is 0.477. The number of carbonyl (C=O) groups is 1. The number of hydrogen-bond acceptors (Lipinski definition) is 4. The first-order valence-corrected chi connectivity index (χ1v) is 3.91. The van der Waals surface area contributed by atoms with Crippen molar-refractivity contribution >= 4 is 18.5 Å². The van der Waals surface area contributed by atoms with Crippen LogP contribution in [0, 0.1) is 0 Å². The summed E-state index contributed by atoms with van der Waals surface area (Å²) in [6, 6.07) is 0. The molecule has 0 bridgehead atoms. The zero-order valence-corrected chi connectivity index (χ0v) is 7.16. The Morgan fingerprint density at radius 1 is 1.50 bits per heavy atom. The van der Waals surface area contributed by atoms with Crippen LogP contribution < -0.4 is 0 Å². The Labute approximate surface area is 79.8 Å². The number of hydrogen-bond donors (Lipinski definition) is 0. The van der Waals surface area contributed by atoms with Crippen molar-refractivity contribution in [1.29, 1.82) is 0 Å². The molecule has 0 aliphatic carbocycles. The Hall–Kier alpha value is -2.26. The second-order valence-corrected chi connectivity index (χ2v) is 2.49. The number of nitrogens with zero attached hydrogens (tertiary/aromatic N) is 4. The first-order chi connectivity index (χ1) is 6.90. The van der Waals surface area contributed by atoms with E-state index in [4.69, 9.17) is 0 Å². The van der Waals surface area contributed by atoms with Gasteiger partial charge in [-0.25, -0.2) is 15.0 Å². The second-order valence-electron chi connectivity index (χ2n) is 2.49. The van der Waals surface area contributed by atoms with Gasteiger partial charge in [0.25, 0.3) is 0 Å². The van der Waals surface area contributed by atoms with Crippen LogP contribution in [0.2, 0.25) is 0 Å². The Morgan fingerprint density at radius 3 is 3.21 bits per heavy atom. The van der Waals surface area contributed by atoms with Crippen LogP contribution in [0.15, 0.2) is 40.5 Å². The van der Waals surface area contributed by atoms with Crippen molar-refractivity contribution in [3.63, 3.8) is 0 Å². The largest absolute Gasteiger partial charge is 0.296 e. The number of aromatic nitrogens is 2. The van der Waals surface area contributed by atoms with Crippen LogP contribution in [0.25, 0.3) is 0 Å². The molecule has 5 nitrogen and oxygen atoms in total. The molecule has 14 heavy (non-hydrogen) atoms. The molecule has 0 unspecified atom stereocenters. The first-order valence-electron chi connectivity index (χ1n) is 3.91. The Morgan fingerprint density at radius 2 is 2.43 bits per heavy atom. The fourth-order valence-corrected chi connectivity index (χ4v) is 0.960. The lowest BCUT2D eigenvalue weighted by Gasteiger charge is -1.96. The molecular formula is C9H6N4O.